The summed E-state index contributed by atoms with van der Waals surface area (Å²) in [5.74, 6) is 0.482. The van der Waals surface area contributed by atoms with E-state index >= 15 is 0 Å². The van der Waals surface area contributed by atoms with Crippen LogP contribution in [0.4, 0.5) is 4.39 Å². The molecule has 20 heavy (non-hydrogen) atoms. The highest BCUT2D eigenvalue weighted by Crippen LogP contribution is 2.31. The molecule has 2 aromatic rings. The molecule has 0 saturated heterocycles. The highest BCUT2D eigenvalue weighted by Gasteiger charge is 2.23. The summed E-state index contributed by atoms with van der Waals surface area (Å²) >= 11 is 0. The average Bonchev–Trinajstić information content (AvgIpc) is 2.86. The molecule has 1 heterocycles. The summed E-state index contributed by atoms with van der Waals surface area (Å²) in [6.07, 6.45) is 1.71. The first-order chi connectivity index (χ1) is 9.58. The summed E-state index contributed by atoms with van der Waals surface area (Å²) in [6, 6.07) is 6.58. The lowest BCUT2D eigenvalue weighted by Crippen LogP contribution is -2.23. The van der Waals surface area contributed by atoms with Gasteiger partial charge in [0, 0.05) is 6.04 Å². The summed E-state index contributed by atoms with van der Waals surface area (Å²) in [7, 11) is 3.49. The fourth-order valence-corrected chi connectivity index (χ4v) is 2.32. The van der Waals surface area contributed by atoms with Gasteiger partial charge in [0.1, 0.15) is 11.5 Å². The van der Waals surface area contributed by atoms with Crippen molar-refractivity contribution in [2.45, 2.75) is 25.9 Å². The Hall–Kier alpha value is -1.88. The van der Waals surface area contributed by atoms with Gasteiger partial charge in [-0.05, 0) is 38.6 Å². The molecular weight excluding hydrogens is 257 g/mol. The minimum atomic E-state index is -0.243. The molecule has 0 amide bonds. The predicted molar refractivity (Wildman–Crippen MR) is 76.5 cm³/mol. The first kappa shape index (κ1) is 14.5. The summed E-state index contributed by atoms with van der Waals surface area (Å²) in [6.45, 7) is 4.13. The number of nitrogens with one attached hydrogen (secondary N) is 1. The number of rotatable bonds is 5. The van der Waals surface area contributed by atoms with Gasteiger partial charge in [-0.2, -0.15) is 5.10 Å². The Morgan fingerprint density at radius 1 is 1.25 bits per heavy atom. The molecule has 4 nitrogen and oxygen atoms in total. The Balaban J connectivity index is 2.50. The third-order valence-electron chi connectivity index (χ3n) is 3.27. The standard InChI is InChI=1S/C15H20FN3O/c1-10(2)19-15(13(20-4)9-18-19)14(17-3)11-5-7-12(16)8-6-11/h5-10,14,17H,1-4H3. The Morgan fingerprint density at radius 2 is 1.90 bits per heavy atom. The molecule has 1 atom stereocenters. The zero-order valence-electron chi connectivity index (χ0n) is 12.2. The van der Waals surface area contributed by atoms with E-state index in [1.165, 1.54) is 12.1 Å². The van der Waals surface area contributed by atoms with Gasteiger partial charge in [-0.3, -0.25) is 4.68 Å². The highest BCUT2D eigenvalue weighted by atomic mass is 19.1. The van der Waals surface area contributed by atoms with Crippen LogP contribution in [0.2, 0.25) is 0 Å². The van der Waals surface area contributed by atoms with Crippen molar-refractivity contribution in [2.24, 2.45) is 0 Å². The molecule has 1 N–H and O–H groups in total. The fourth-order valence-electron chi connectivity index (χ4n) is 2.32. The van der Waals surface area contributed by atoms with E-state index in [0.29, 0.717) is 0 Å². The number of aromatic nitrogens is 2. The molecule has 1 unspecified atom stereocenters. The predicted octanol–water partition coefficient (Wildman–Crippen LogP) is 2.92. The average molecular weight is 277 g/mol. The molecule has 1 aromatic carbocycles. The maximum absolute atomic E-state index is 13.1. The first-order valence-corrected chi connectivity index (χ1v) is 6.62. The second-order valence-electron chi connectivity index (χ2n) is 4.91. The Labute approximate surface area is 118 Å². The van der Waals surface area contributed by atoms with Gasteiger partial charge in [-0.25, -0.2) is 4.39 Å². The molecule has 0 bridgehead atoms. The van der Waals surface area contributed by atoms with Crippen molar-refractivity contribution in [1.82, 2.24) is 15.1 Å². The van der Waals surface area contributed by atoms with Gasteiger partial charge in [-0.1, -0.05) is 12.1 Å². The van der Waals surface area contributed by atoms with E-state index in [0.717, 1.165) is 17.0 Å². The SMILES string of the molecule is CNC(c1ccc(F)cc1)c1c(OC)cnn1C(C)C. The van der Waals surface area contributed by atoms with Crippen molar-refractivity contribution in [3.05, 3.63) is 47.5 Å². The normalized spacial score (nSPS) is 12.7. The minimum absolute atomic E-state index is 0.101. The van der Waals surface area contributed by atoms with Gasteiger partial charge in [0.15, 0.2) is 5.75 Å². The van der Waals surface area contributed by atoms with Gasteiger partial charge in [-0.15, -0.1) is 0 Å². The van der Waals surface area contributed by atoms with Crippen LogP contribution in [-0.2, 0) is 0 Å². The maximum Gasteiger partial charge on any atom is 0.161 e. The molecule has 0 aliphatic rings. The van der Waals surface area contributed by atoms with Crippen LogP contribution in [0.3, 0.4) is 0 Å². The fraction of sp³-hybridized carbons (Fsp3) is 0.400. The minimum Gasteiger partial charge on any atom is -0.493 e. The maximum atomic E-state index is 13.1. The Kier molecular flexibility index (Phi) is 4.39. The largest absolute Gasteiger partial charge is 0.493 e. The molecule has 0 spiro atoms. The zero-order chi connectivity index (χ0) is 14.7. The van der Waals surface area contributed by atoms with Crippen molar-refractivity contribution in [2.75, 3.05) is 14.2 Å². The summed E-state index contributed by atoms with van der Waals surface area (Å²) < 4.78 is 20.4. The number of benzene rings is 1. The van der Waals surface area contributed by atoms with Crippen LogP contribution in [0.15, 0.2) is 30.5 Å². The van der Waals surface area contributed by atoms with Crippen LogP contribution in [-0.4, -0.2) is 23.9 Å². The van der Waals surface area contributed by atoms with Gasteiger partial charge >= 0.3 is 0 Å². The monoisotopic (exact) mass is 277 g/mol. The number of hydrogen-bond donors (Lipinski definition) is 1. The third-order valence-corrected chi connectivity index (χ3v) is 3.27. The number of hydrogen-bond acceptors (Lipinski definition) is 3. The van der Waals surface area contributed by atoms with E-state index in [1.807, 2.05) is 11.7 Å². The van der Waals surface area contributed by atoms with Crippen LogP contribution in [0.1, 0.15) is 37.2 Å². The van der Waals surface area contributed by atoms with Crippen LogP contribution in [0.25, 0.3) is 0 Å². The van der Waals surface area contributed by atoms with E-state index in [1.54, 1.807) is 25.4 Å². The van der Waals surface area contributed by atoms with Gasteiger partial charge < -0.3 is 10.1 Å². The van der Waals surface area contributed by atoms with Crippen molar-refractivity contribution in [3.63, 3.8) is 0 Å². The van der Waals surface area contributed by atoms with Crippen LogP contribution < -0.4 is 10.1 Å². The number of halogens is 1. The number of ether oxygens (including phenoxy) is 1. The van der Waals surface area contributed by atoms with E-state index in [4.69, 9.17) is 4.74 Å². The highest BCUT2D eigenvalue weighted by molar-refractivity contribution is 5.36. The molecule has 108 valence electrons. The molecule has 0 fully saturated rings. The van der Waals surface area contributed by atoms with Gasteiger partial charge in [0.2, 0.25) is 0 Å². The summed E-state index contributed by atoms with van der Waals surface area (Å²) in [5.41, 5.74) is 1.91. The third kappa shape index (κ3) is 2.67. The molecule has 0 aliphatic heterocycles. The lowest BCUT2D eigenvalue weighted by molar-refractivity contribution is 0.396. The van der Waals surface area contributed by atoms with E-state index in [-0.39, 0.29) is 17.9 Å². The van der Waals surface area contributed by atoms with Gasteiger partial charge in [0.25, 0.3) is 0 Å². The van der Waals surface area contributed by atoms with Crippen molar-refractivity contribution < 1.29 is 9.13 Å². The molecule has 1 aromatic heterocycles. The lowest BCUT2D eigenvalue weighted by atomic mass is 10.0. The lowest BCUT2D eigenvalue weighted by Gasteiger charge is -2.21. The van der Waals surface area contributed by atoms with Crippen molar-refractivity contribution in [1.29, 1.82) is 0 Å². The molecule has 0 saturated carbocycles. The van der Waals surface area contributed by atoms with Crippen molar-refractivity contribution in [3.8, 4) is 5.75 Å². The topological polar surface area (TPSA) is 39.1 Å². The Morgan fingerprint density at radius 3 is 2.40 bits per heavy atom. The second-order valence-corrected chi connectivity index (χ2v) is 4.91. The molecule has 0 radical (unpaired) electrons. The molecule has 2 rings (SSSR count). The van der Waals surface area contributed by atoms with Crippen LogP contribution in [0.5, 0.6) is 5.75 Å². The quantitative estimate of drug-likeness (QED) is 0.913. The summed E-state index contributed by atoms with van der Waals surface area (Å²) in [4.78, 5) is 0. The second kappa shape index (κ2) is 6.05. The van der Waals surface area contributed by atoms with E-state index < -0.39 is 0 Å². The van der Waals surface area contributed by atoms with E-state index in [2.05, 4.69) is 24.3 Å². The first-order valence-electron chi connectivity index (χ1n) is 6.62. The molecule has 0 aliphatic carbocycles. The van der Waals surface area contributed by atoms with Gasteiger partial charge in [0.05, 0.1) is 19.3 Å². The number of methoxy groups -OCH3 is 1. The zero-order valence-corrected chi connectivity index (χ0v) is 12.2. The van der Waals surface area contributed by atoms with E-state index in [9.17, 15) is 4.39 Å². The smallest absolute Gasteiger partial charge is 0.161 e. The van der Waals surface area contributed by atoms with Crippen LogP contribution in [0, 0.1) is 5.82 Å². The molecule has 5 heteroatoms. The summed E-state index contributed by atoms with van der Waals surface area (Å²) in [5, 5.41) is 7.62. The van der Waals surface area contributed by atoms with Crippen molar-refractivity contribution >= 4 is 0 Å². The molecular formula is C15H20FN3O. The van der Waals surface area contributed by atoms with Crippen LogP contribution >= 0.6 is 0 Å². The number of nitrogens with zero attached hydrogens (tertiary/aromatic N) is 2. The Bertz CT molecular complexity index is 563.